The highest BCUT2D eigenvalue weighted by atomic mass is 35.5. The molecular formula is C16H11Cl2N3O2. The van der Waals surface area contributed by atoms with Crippen LogP contribution < -0.4 is 10.2 Å². The van der Waals surface area contributed by atoms with E-state index in [4.69, 9.17) is 33.2 Å². The number of rotatable bonds is 5. The fourth-order valence-electron chi connectivity index (χ4n) is 1.58. The molecule has 0 bridgehead atoms. The maximum Gasteiger partial charge on any atom is 0.277 e. The molecule has 0 radical (unpaired) electrons. The van der Waals surface area contributed by atoms with Gasteiger partial charge in [-0.15, -0.1) is 0 Å². The molecule has 0 saturated carbocycles. The van der Waals surface area contributed by atoms with E-state index in [0.717, 1.165) is 0 Å². The maximum atomic E-state index is 11.6. The van der Waals surface area contributed by atoms with E-state index in [1.165, 1.54) is 6.21 Å². The largest absolute Gasteiger partial charge is 0.484 e. The summed E-state index contributed by atoms with van der Waals surface area (Å²) in [4.78, 5) is 11.6. The third-order valence-corrected chi connectivity index (χ3v) is 3.44. The van der Waals surface area contributed by atoms with Crippen LogP contribution in [0.15, 0.2) is 47.6 Å². The van der Waals surface area contributed by atoms with E-state index in [1.807, 2.05) is 6.07 Å². The van der Waals surface area contributed by atoms with E-state index in [2.05, 4.69) is 10.5 Å². The van der Waals surface area contributed by atoms with Gasteiger partial charge in [-0.3, -0.25) is 4.79 Å². The number of nitrogens with one attached hydrogen (secondary N) is 1. The fourth-order valence-corrected chi connectivity index (χ4v) is 1.88. The van der Waals surface area contributed by atoms with Crippen molar-refractivity contribution in [2.75, 3.05) is 6.61 Å². The highest BCUT2D eigenvalue weighted by Crippen LogP contribution is 2.21. The quantitative estimate of drug-likeness (QED) is 0.665. The second-order valence-electron chi connectivity index (χ2n) is 4.39. The van der Waals surface area contributed by atoms with Crippen LogP contribution in [0.4, 0.5) is 0 Å². The van der Waals surface area contributed by atoms with Crippen LogP contribution in [0.5, 0.6) is 5.75 Å². The Hall–Kier alpha value is -2.55. The first kappa shape index (κ1) is 16.8. The van der Waals surface area contributed by atoms with Gasteiger partial charge in [0.1, 0.15) is 5.75 Å². The minimum absolute atomic E-state index is 0.190. The third-order valence-electron chi connectivity index (χ3n) is 2.70. The van der Waals surface area contributed by atoms with Crippen molar-refractivity contribution >= 4 is 35.3 Å². The van der Waals surface area contributed by atoms with Crippen molar-refractivity contribution in [3.05, 3.63) is 63.6 Å². The van der Waals surface area contributed by atoms with E-state index in [-0.39, 0.29) is 6.61 Å². The van der Waals surface area contributed by atoms with Gasteiger partial charge in [0.05, 0.1) is 27.9 Å². The molecule has 0 atom stereocenters. The summed E-state index contributed by atoms with van der Waals surface area (Å²) in [5, 5.41) is 13.3. The van der Waals surface area contributed by atoms with Crippen molar-refractivity contribution in [3.63, 3.8) is 0 Å². The molecule has 2 aromatic rings. The number of ether oxygens (including phenoxy) is 1. The summed E-state index contributed by atoms with van der Waals surface area (Å²) >= 11 is 11.7. The van der Waals surface area contributed by atoms with Crippen LogP contribution in [0.25, 0.3) is 0 Å². The third kappa shape index (κ3) is 5.29. The van der Waals surface area contributed by atoms with Gasteiger partial charge in [-0.05, 0) is 42.0 Å². The van der Waals surface area contributed by atoms with Gasteiger partial charge in [0.25, 0.3) is 5.91 Å². The first-order chi connectivity index (χ1) is 11.1. The van der Waals surface area contributed by atoms with Crippen molar-refractivity contribution in [3.8, 4) is 11.8 Å². The monoisotopic (exact) mass is 347 g/mol. The number of hydrogen-bond acceptors (Lipinski definition) is 4. The summed E-state index contributed by atoms with van der Waals surface area (Å²) in [6.45, 7) is -0.190. The molecule has 0 spiro atoms. The van der Waals surface area contributed by atoms with E-state index in [1.54, 1.807) is 42.5 Å². The Labute approximate surface area is 143 Å². The Balaban J connectivity index is 1.81. The van der Waals surface area contributed by atoms with Crippen molar-refractivity contribution in [1.82, 2.24) is 5.43 Å². The van der Waals surface area contributed by atoms with Crippen molar-refractivity contribution in [1.29, 1.82) is 5.26 Å². The van der Waals surface area contributed by atoms with E-state index in [0.29, 0.717) is 26.9 Å². The van der Waals surface area contributed by atoms with Gasteiger partial charge < -0.3 is 4.74 Å². The van der Waals surface area contributed by atoms with Gasteiger partial charge in [-0.1, -0.05) is 29.3 Å². The molecule has 0 aliphatic carbocycles. The predicted octanol–water partition coefficient (Wildman–Crippen LogP) is 3.39. The molecule has 0 unspecified atom stereocenters. The summed E-state index contributed by atoms with van der Waals surface area (Å²) in [6.07, 6.45) is 1.45. The lowest BCUT2D eigenvalue weighted by Gasteiger charge is -2.04. The number of carbonyl (C=O) groups is 1. The topological polar surface area (TPSA) is 74.5 Å². The van der Waals surface area contributed by atoms with E-state index >= 15 is 0 Å². The molecule has 0 aromatic heterocycles. The first-order valence-corrected chi connectivity index (χ1v) is 7.24. The summed E-state index contributed by atoms with van der Waals surface area (Å²) in [5.41, 5.74) is 3.56. The predicted molar refractivity (Wildman–Crippen MR) is 88.9 cm³/mol. The Kier molecular flexibility index (Phi) is 5.98. The molecule has 1 amide bonds. The molecule has 7 heteroatoms. The van der Waals surface area contributed by atoms with Gasteiger partial charge in [0, 0.05) is 0 Å². The molecule has 23 heavy (non-hydrogen) atoms. The number of nitrogens with zero attached hydrogens (tertiary/aromatic N) is 2. The SMILES string of the molecule is N#Cc1ccc(OCC(=O)N/N=C/c2ccc(Cl)c(Cl)c2)cc1. The first-order valence-electron chi connectivity index (χ1n) is 6.48. The molecule has 1 N–H and O–H groups in total. The number of hydrazone groups is 1. The summed E-state index contributed by atoms with van der Waals surface area (Å²) in [6, 6.07) is 13.4. The maximum absolute atomic E-state index is 11.6. The minimum Gasteiger partial charge on any atom is -0.484 e. The second-order valence-corrected chi connectivity index (χ2v) is 5.21. The molecule has 2 aromatic carbocycles. The molecule has 0 aliphatic rings. The van der Waals surface area contributed by atoms with Crippen molar-refractivity contribution < 1.29 is 9.53 Å². The van der Waals surface area contributed by atoms with Gasteiger partial charge in [0.2, 0.25) is 0 Å². The summed E-state index contributed by atoms with van der Waals surface area (Å²) < 4.78 is 5.27. The van der Waals surface area contributed by atoms with E-state index in [9.17, 15) is 4.79 Å². The standard InChI is InChI=1S/C16H11Cl2N3O2/c17-14-6-3-12(7-15(14)18)9-20-21-16(22)10-23-13-4-1-11(8-19)2-5-13/h1-7,9H,10H2,(H,21,22)/b20-9+. The van der Waals surface area contributed by atoms with Crippen molar-refractivity contribution in [2.24, 2.45) is 5.10 Å². The molecule has 5 nitrogen and oxygen atoms in total. The zero-order valence-electron chi connectivity index (χ0n) is 11.8. The average molecular weight is 348 g/mol. The Morgan fingerprint density at radius 3 is 2.61 bits per heavy atom. The van der Waals surface area contributed by atoms with E-state index < -0.39 is 5.91 Å². The Bertz CT molecular complexity index is 768. The average Bonchev–Trinajstić information content (AvgIpc) is 2.56. The molecule has 0 saturated heterocycles. The summed E-state index contributed by atoms with van der Waals surface area (Å²) in [5.74, 6) is 0.0817. The molecule has 0 fully saturated rings. The van der Waals surface area contributed by atoms with Gasteiger partial charge >= 0.3 is 0 Å². The Morgan fingerprint density at radius 2 is 1.96 bits per heavy atom. The molecule has 0 aliphatic heterocycles. The number of hydrogen-bond donors (Lipinski definition) is 1. The summed E-state index contributed by atoms with van der Waals surface area (Å²) in [7, 11) is 0. The fraction of sp³-hybridized carbons (Fsp3) is 0.0625. The lowest BCUT2D eigenvalue weighted by Crippen LogP contribution is -2.24. The highest BCUT2D eigenvalue weighted by Gasteiger charge is 2.02. The smallest absolute Gasteiger partial charge is 0.277 e. The molecule has 0 heterocycles. The van der Waals surface area contributed by atoms with Crippen LogP contribution in [0.1, 0.15) is 11.1 Å². The zero-order chi connectivity index (χ0) is 16.7. The number of amides is 1. The molecule has 2 rings (SSSR count). The van der Waals surface area contributed by atoms with Crippen LogP contribution in [-0.2, 0) is 4.79 Å². The molecular weight excluding hydrogens is 337 g/mol. The zero-order valence-corrected chi connectivity index (χ0v) is 13.3. The number of nitriles is 1. The van der Waals surface area contributed by atoms with Crippen LogP contribution in [0, 0.1) is 11.3 Å². The van der Waals surface area contributed by atoms with Crippen LogP contribution in [0.2, 0.25) is 10.0 Å². The number of benzene rings is 2. The Morgan fingerprint density at radius 1 is 1.22 bits per heavy atom. The highest BCUT2D eigenvalue weighted by molar-refractivity contribution is 6.42. The van der Waals surface area contributed by atoms with Gasteiger partial charge in [-0.2, -0.15) is 10.4 Å². The van der Waals surface area contributed by atoms with Crippen molar-refractivity contribution in [2.45, 2.75) is 0 Å². The number of carbonyl (C=O) groups excluding carboxylic acids is 1. The van der Waals surface area contributed by atoms with Crippen LogP contribution in [0.3, 0.4) is 0 Å². The minimum atomic E-state index is -0.411. The number of halogens is 2. The van der Waals surface area contributed by atoms with Crippen LogP contribution >= 0.6 is 23.2 Å². The van der Waals surface area contributed by atoms with Gasteiger partial charge in [-0.25, -0.2) is 5.43 Å². The second kappa shape index (κ2) is 8.18. The lowest BCUT2D eigenvalue weighted by atomic mass is 10.2. The molecule has 116 valence electrons. The normalized spacial score (nSPS) is 10.3. The van der Waals surface area contributed by atoms with Gasteiger partial charge in [0.15, 0.2) is 6.61 Å². The lowest BCUT2D eigenvalue weighted by molar-refractivity contribution is -0.123. The van der Waals surface area contributed by atoms with Crippen LogP contribution in [-0.4, -0.2) is 18.7 Å².